The van der Waals surface area contributed by atoms with E-state index < -0.39 is 5.97 Å². The lowest BCUT2D eigenvalue weighted by Crippen LogP contribution is -2.29. The average Bonchev–Trinajstić information content (AvgIpc) is 3.13. The largest absolute Gasteiger partial charge is 0.507 e. The molecule has 204 valence electrons. The zero-order valence-electron chi connectivity index (χ0n) is 23.3. The summed E-state index contributed by atoms with van der Waals surface area (Å²) in [5, 5.41) is 20.3. The lowest BCUT2D eigenvalue weighted by Gasteiger charge is -2.28. The molecule has 0 saturated carbocycles. The Morgan fingerprint density at radius 1 is 0.947 bits per heavy atom. The van der Waals surface area contributed by atoms with E-state index in [0.29, 0.717) is 17.7 Å². The van der Waals surface area contributed by atoms with Crippen molar-refractivity contribution in [2.75, 3.05) is 0 Å². The second-order valence-electron chi connectivity index (χ2n) is 11.8. The van der Waals surface area contributed by atoms with Gasteiger partial charge in [0.1, 0.15) is 5.75 Å². The van der Waals surface area contributed by atoms with Gasteiger partial charge in [0.15, 0.2) is 5.78 Å². The molecule has 3 aromatic rings. The zero-order valence-corrected chi connectivity index (χ0v) is 24.9. The quantitative estimate of drug-likeness (QED) is 0.300. The van der Waals surface area contributed by atoms with E-state index in [1.807, 2.05) is 69.0 Å². The van der Waals surface area contributed by atoms with Gasteiger partial charge in [0.05, 0.1) is 34.8 Å². The second-order valence-corrected chi connectivity index (χ2v) is 12.2. The number of Topliss-reactive ketones (excluding diaryl/α,β-unsaturated/α-hetero) is 1. The molecule has 1 aromatic heterocycles. The number of carboxylic acids is 1. The van der Waals surface area contributed by atoms with Gasteiger partial charge in [-0.15, -0.1) is 0 Å². The van der Waals surface area contributed by atoms with Crippen LogP contribution in [0, 0.1) is 0 Å². The first kappa shape index (κ1) is 29.4. The van der Waals surface area contributed by atoms with Gasteiger partial charge < -0.3 is 19.3 Å². The van der Waals surface area contributed by atoms with Crippen molar-refractivity contribution < 1.29 is 19.8 Å². The summed E-state index contributed by atoms with van der Waals surface area (Å²) in [4.78, 5) is 24.9. The number of hydrogen-bond donors (Lipinski definition) is 2. The smallest absolute Gasteiger partial charge is 0.335 e. The molecule has 8 heteroatoms. The standard InChI is InChI=1S/C30H38BrN3O4/c1-8-9-22-17-33(28(32-31)34(22)16-19-10-12-20(13-11-19)27(37)38)18-25(35)21-14-23(29(2,3)4)26(36)24(15-21)30(5,6)7/h10-15,17,36H,8-9,16,18H2,1-7H3,(H,37,38)/b32-28+. The van der Waals surface area contributed by atoms with Crippen LogP contribution < -0.4 is 5.62 Å². The highest BCUT2D eigenvalue weighted by atomic mass is 79.9. The highest BCUT2D eigenvalue weighted by Crippen LogP contribution is 2.39. The van der Waals surface area contributed by atoms with Crippen molar-refractivity contribution in [1.29, 1.82) is 0 Å². The SMILES string of the molecule is CCCc1cn(CC(=O)c2cc(C(C)(C)C)c(O)c(C(C)(C)C)c2)/c(=N\Br)n1Cc1ccc(C(=O)O)cc1. The number of benzene rings is 2. The Morgan fingerprint density at radius 3 is 1.95 bits per heavy atom. The van der Waals surface area contributed by atoms with E-state index in [1.165, 1.54) is 0 Å². The molecule has 0 spiro atoms. The summed E-state index contributed by atoms with van der Waals surface area (Å²) in [6.07, 6.45) is 3.67. The Hall–Kier alpha value is -3.13. The van der Waals surface area contributed by atoms with Crippen molar-refractivity contribution in [3.63, 3.8) is 0 Å². The highest BCUT2D eigenvalue weighted by Gasteiger charge is 2.28. The first-order valence-corrected chi connectivity index (χ1v) is 13.6. The summed E-state index contributed by atoms with van der Waals surface area (Å²) in [6.45, 7) is 14.8. The van der Waals surface area contributed by atoms with Gasteiger partial charge in [0, 0.05) is 28.6 Å². The Morgan fingerprint density at radius 2 is 1.50 bits per heavy atom. The predicted octanol–water partition coefficient (Wildman–Crippen LogP) is 6.38. The van der Waals surface area contributed by atoms with Gasteiger partial charge in [-0.25, -0.2) is 4.79 Å². The van der Waals surface area contributed by atoms with Crippen LogP contribution in [0.15, 0.2) is 46.6 Å². The van der Waals surface area contributed by atoms with Gasteiger partial charge in [-0.05, 0) is 47.1 Å². The van der Waals surface area contributed by atoms with Crippen LogP contribution in [-0.4, -0.2) is 31.1 Å². The van der Waals surface area contributed by atoms with Crippen LogP contribution in [0.2, 0.25) is 0 Å². The number of aromatic nitrogens is 2. The fourth-order valence-electron chi connectivity index (χ4n) is 4.55. The molecule has 1 heterocycles. The third-order valence-corrected chi connectivity index (χ3v) is 6.95. The fourth-order valence-corrected chi connectivity index (χ4v) is 4.94. The summed E-state index contributed by atoms with van der Waals surface area (Å²) in [7, 11) is 0. The van der Waals surface area contributed by atoms with E-state index in [0.717, 1.165) is 35.2 Å². The number of imidazole rings is 1. The molecule has 0 unspecified atom stereocenters. The highest BCUT2D eigenvalue weighted by molar-refractivity contribution is 9.08. The lowest BCUT2D eigenvalue weighted by atomic mass is 9.78. The molecule has 0 aliphatic rings. The number of hydrogen-bond acceptors (Lipinski definition) is 4. The molecule has 0 amide bonds. The van der Waals surface area contributed by atoms with Crippen molar-refractivity contribution in [2.45, 2.75) is 85.2 Å². The van der Waals surface area contributed by atoms with Crippen LogP contribution in [0.4, 0.5) is 0 Å². The second kappa shape index (κ2) is 11.3. The van der Waals surface area contributed by atoms with Crippen molar-refractivity contribution in [2.24, 2.45) is 4.02 Å². The van der Waals surface area contributed by atoms with Crippen LogP contribution in [0.25, 0.3) is 0 Å². The third kappa shape index (κ3) is 6.46. The molecule has 0 fully saturated rings. The van der Waals surface area contributed by atoms with Crippen LogP contribution in [0.5, 0.6) is 5.75 Å². The maximum atomic E-state index is 13.7. The number of phenols is 1. The number of carbonyl (C=O) groups is 2. The molecule has 0 radical (unpaired) electrons. The molecular weight excluding hydrogens is 546 g/mol. The molecule has 0 bridgehead atoms. The summed E-state index contributed by atoms with van der Waals surface area (Å²) >= 11 is 3.26. The van der Waals surface area contributed by atoms with Crippen molar-refractivity contribution >= 4 is 27.9 Å². The minimum Gasteiger partial charge on any atom is -0.507 e. The van der Waals surface area contributed by atoms with E-state index >= 15 is 0 Å². The molecule has 0 saturated heterocycles. The molecule has 0 atom stereocenters. The lowest BCUT2D eigenvalue weighted by molar-refractivity contribution is 0.0696. The summed E-state index contributed by atoms with van der Waals surface area (Å²) in [6, 6.07) is 10.4. The topological polar surface area (TPSA) is 96.8 Å². The molecule has 0 aliphatic heterocycles. The maximum absolute atomic E-state index is 13.7. The van der Waals surface area contributed by atoms with Gasteiger partial charge in [0.2, 0.25) is 5.62 Å². The number of aromatic carboxylic acids is 1. The van der Waals surface area contributed by atoms with Crippen LogP contribution >= 0.6 is 16.1 Å². The molecule has 0 aliphatic carbocycles. The zero-order chi connectivity index (χ0) is 28.4. The van der Waals surface area contributed by atoms with Gasteiger partial charge in [-0.1, -0.05) is 67.0 Å². The maximum Gasteiger partial charge on any atom is 0.335 e. The van der Waals surface area contributed by atoms with Gasteiger partial charge >= 0.3 is 5.97 Å². The number of aryl methyl sites for hydroxylation is 1. The predicted molar refractivity (Wildman–Crippen MR) is 153 cm³/mol. The van der Waals surface area contributed by atoms with Gasteiger partial charge in [0.25, 0.3) is 0 Å². The van der Waals surface area contributed by atoms with Crippen LogP contribution in [0.1, 0.15) is 98.0 Å². The van der Waals surface area contributed by atoms with Crippen LogP contribution in [-0.2, 0) is 30.3 Å². The number of carbonyl (C=O) groups excluding carboxylic acids is 1. The fraction of sp³-hybridized carbons (Fsp3) is 0.433. The number of rotatable bonds is 8. The Bertz CT molecular complexity index is 1370. The first-order valence-electron chi connectivity index (χ1n) is 12.8. The van der Waals surface area contributed by atoms with Crippen molar-refractivity contribution in [3.8, 4) is 5.75 Å². The molecule has 2 N–H and O–H groups in total. The number of carboxylic acid groups (broad SMARTS) is 1. The Balaban J connectivity index is 2.04. The van der Waals surface area contributed by atoms with Gasteiger partial charge in [-0.2, -0.15) is 4.02 Å². The number of phenolic OH excluding ortho intramolecular Hbond substituents is 1. The monoisotopic (exact) mass is 583 g/mol. The summed E-state index contributed by atoms with van der Waals surface area (Å²) < 4.78 is 8.22. The molecule has 3 rings (SSSR count). The minimum atomic E-state index is -0.963. The van der Waals surface area contributed by atoms with Crippen LogP contribution in [0.3, 0.4) is 0 Å². The van der Waals surface area contributed by atoms with Crippen molar-refractivity contribution in [3.05, 3.63) is 81.7 Å². The molecular formula is C30H38BrN3O4. The van der Waals surface area contributed by atoms with E-state index in [1.54, 1.807) is 24.3 Å². The minimum absolute atomic E-state index is 0.0746. The molecule has 2 aromatic carbocycles. The van der Waals surface area contributed by atoms with E-state index in [9.17, 15) is 19.8 Å². The number of halogens is 1. The number of ketones is 1. The molecule has 7 nitrogen and oxygen atoms in total. The normalized spacial score (nSPS) is 12.7. The van der Waals surface area contributed by atoms with E-state index in [2.05, 4.69) is 27.1 Å². The Labute approximate surface area is 233 Å². The first-order chi connectivity index (χ1) is 17.7. The average molecular weight is 585 g/mol. The number of aromatic hydroxyl groups is 1. The number of nitrogens with zero attached hydrogens (tertiary/aromatic N) is 3. The van der Waals surface area contributed by atoms with Gasteiger partial charge in [-0.3, -0.25) is 4.79 Å². The summed E-state index contributed by atoms with van der Waals surface area (Å²) in [5.41, 5.74) is 4.17. The van der Waals surface area contributed by atoms with E-state index in [-0.39, 0.29) is 34.5 Å². The van der Waals surface area contributed by atoms with E-state index in [4.69, 9.17) is 0 Å². The summed E-state index contributed by atoms with van der Waals surface area (Å²) in [5.74, 6) is -0.791. The van der Waals surface area contributed by atoms with Crippen molar-refractivity contribution in [1.82, 2.24) is 9.13 Å². The third-order valence-electron chi connectivity index (χ3n) is 6.64. The molecule has 38 heavy (non-hydrogen) atoms. The Kier molecular flexibility index (Phi) is 8.76.